The zero-order valence-corrected chi connectivity index (χ0v) is 17.7. The molecule has 1 N–H and O–H groups in total. The maximum Gasteiger partial charge on any atom is 0.225 e. The molecule has 7 nitrogen and oxygen atoms in total. The van der Waals surface area contributed by atoms with E-state index in [1.807, 2.05) is 32.9 Å². The van der Waals surface area contributed by atoms with Gasteiger partial charge in [-0.2, -0.15) is 0 Å². The summed E-state index contributed by atoms with van der Waals surface area (Å²) in [4.78, 5) is 27.2. The van der Waals surface area contributed by atoms with Crippen LogP contribution in [-0.4, -0.2) is 57.7 Å². The van der Waals surface area contributed by atoms with Crippen LogP contribution in [0.25, 0.3) is 0 Å². The first-order valence-corrected chi connectivity index (χ1v) is 9.74. The Morgan fingerprint density at radius 3 is 2.18 bits per heavy atom. The zero-order valence-electron chi connectivity index (χ0n) is 17.7. The van der Waals surface area contributed by atoms with E-state index < -0.39 is 0 Å². The monoisotopic (exact) mass is 392 g/mol. The fraction of sp³-hybridized carbons (Fsp3) is 0.619. The minimum absolute atomic E-state index is 0.0281. The van der Waals surface area contributed by atoms with E-state index in [-0.39, 0.29) is 29.6 Å². The molecular formula is C21H32N2O5. The molecule has 1 aliphatic rings. The number of benzene rings is 1. The molecule has 1 fully saturated rings. The maximum atomic E-state index is 12.8. The number of ether oxygens (including phenoxy) is 3. The highest BCUT2D eigenvalue weighted by atomic mass is 16.5. The number of methoxy groups -OCH3 is 3. The Bertz CT molecular complexity index is 679. The lowest BCUT2D eigenvalue weighted by molar-refractivity contribution is -0.133. The first-order chi connectivity index (χ1) is 13.4. The van der Waals surface area contributed by atoms with E-state index in [1.54, 1.807) is 26.2 Å². The van der Waals surface area contributed by atoms with E-state index in [2.05, 4.69) is 5.32 Å². The van der Waals surface area contributed by atoms with Crippen molar-refractivity contribution in [2.75, 3.05) is 41.0 Å². The normalized spacial score (nSPS) is 18.9. The molecule has 28 heavy (non-hydrogen) atoms. The van der Waals surface area contributed by atoms with Crippen molar-refractivity contribution < 1.29 is 23.8 Å². The van der Waals surface area contributed by atoms with Crippen LogP contribution in [-0.2, 0) is 9.59 Å². The molecular weight excluding hydrogens is 360 g/mol. The van der Waals surface area contributed by atoms with Gasteiger partial charge in [0.05, 0.1) is 27.2 Å². The summed E-state index contributed by atoms with van der Waals surface area (Å²) >= 11 is 0. The Morgan fingerprint density at radius 2 is 1.71 bits per heavy atom. The van der Waals surface area contributed by atoms with Gasteiger partial charge in [0.2, 0.25) is 17.6 Å². The van der Waals surface area contributed by atoms with Gasteiger partial charge < -0.3 is 24.4 Å². The molecule has 0 bridgehead atoms. The second-order valence-corrected chi connectivity index (χ2v) is 7.36. The van der Waals surface area contributed by atoms with Crippen LogP contribution < -0.4 is 19.5 Å². The van der Waals surface area contributed by atoms with Gasteiger partial charge in [0.1, 0.15) is 0 Å². The van der Waals surface area contributed by atoms with Crippen LogP contribution in [0.3, 0.4) is 0 Å². The van der Waals surface area contributed by atoms with Gasteiger partial charge in [0.25, 0.3) is 0 Å². The lowest BCUT2D eigenvalue weighted by Gasteiger charge is -2.21. The SMILES string of the molecule is CCCNC(=O)[C@@H]1CN(C(=O)C(C)C)C[C@@H]1c1cc(OC)c(OC)c(OC)c1. The third-order valence-electron chi connectivity index (χ3n) is 5.13. The second-order valence-electron chi connectivity index (χ2n) is 7.36. The van der Waals surface area contributed by atoms with Crippen molar-refractivity contribution in [3.63, 3.8) is 0 Å². The fourth-order valence-corrected chi connectivity index (χ4v) is 3.65. The topological polar surface area (TPSA) is 77.1 Å². The quantitative estimate of drug-likeness (QED) is 0.735. The Labute approximate surface area is 167 Å². The molecule has 1 saturated heterocycles. The Kier molecular flexibility index (Phi) is 7.54. The first-order valence-electron chi connectivity index (χ1n) is 9.74. The predicted octanol–water partition coefficient (Wildman–Crippen LogP) is 2.44. The van der Waals surface area contributed by atoms with E-state index in [0.29, 0.717) is 36.9 Å². The van der Waals surface area contributed by atoms with Gasteiger partial charge >= 0.3 is 0 Å². The molecule has 1 aliphatic heterocycles. The number of hydrogen-bond donors (Lipinski definition) is 1. The molecule has 1 aromatic rings. The van der Waals surface area contributed by atoms with Gasteiger partial charge in [-0.1, -0.05) is 20.8 Å². The molecule has 2 atom stereocenters. The van der Waals surface area contributed by atoms with Crippen molar-refractivity contribution in [1.82, 2.24) is 10.2 Å². The summed E-state index contributed by atoms with van der Waals surface area (Å²) in [6, 6.07) is 3.74. The lowest BCUT2D eigenvalue weighted by atomic mass is 9.88. The maximum absolute atomic E-state index is 12.8. The number of rotatable bonds is 8. The third kappa shape index (κ3) is 4.51. The molecule has 2 rings (SSSR count). The number of carbonyl (C=O) groups is 2. The molecule has 2 amide bonds. The minimum atomic E-state index is -0.322. The Hall–Kier alpha value is -2.44. The number of amides is 2. The van der Waals surface area contributed by atoms with E-state index in [9.17, 15) is 9.59 Å². The molecule has 0 unspecified atom stereocenters. The summed E-state index contributed by atoms with van der Waals surface area (Å²) in [6.07, 6.45) is 0.863. The summed E-state index contributed by atoms with van der Waals surface area (Å²) < 4.78 is 16.3. The van der Waals surface area contributed by atoms with E-state index >= 15 is 0 Å². The van der Waals surface area contributed by atoms with Gasteiger partial charge in [-0.25, -0.2) is 0 Å². The van der Waals surface area contributed by atoms with Crippen LogP contribution >= 0.6 is 0 Å². The average molecular weight is 392 g/mol. The highest BCUT2D eigenvalue weighted by Gasteiger charge is 2.41. The van der Waals surface area contributed by atoms with Crippen molar-refractivity contribution in [2.24, 2.45) is 11.8 Å². The van der Waals surface area contributed by atoms with Crippen LogP contribution in [0, 0.1) is 11.8 Å². The van der Waals surface area contributed by atoms with Crippen LogP contribution in [0.2, 0.25) is 0 Å². The third-order valence-corrected chi connectivity index (χ3v) is 5.13. The standard InChI is InChI=1S/C21H32N2O5/c1-7-8-22-20(24)16-12-23(21(25)13(2)3)11-15(16)14-9-17(26-4)19(28-6)18(10-14)27-5/h9-10,13,15-16H,7-8,11-12H2,1-6H3,(H,22,24)/t15-,16-/m1/s1. The summed E-state index contributed by atoms with van der Waals surface area (Å²) in [6.45, 7) is 7.28. The zero-order chi connectivity index (χ0) is 20.8. The summed E-state index contributed by atoms with van der Waals surface area (Å²) in [7, 11) is 4.69. The first kappa shape index (κ1) is 21.9. The van der Waals surface area contributed by atoms with E-state index in [4.69, 9.17) is 14.2 Å². The van der Waals surface area contributed by atoms with E-state index in [1.165, 1.54) is 0 Å². The number of nitrogens with zero attached hydrogens (tertiary/aromatic N) is 1. The lowest BCUT2D eigenvalue weighted by Crippen LogP contribution is -2.36. The molecule has 0 spiro atoms. The largest absolute Gasteiger partial charge is 0.493 e. The molecule has 0 aliphatic carbocycles. The van der Waals surface area contributed by atoms with E-state index in [0.717, 1.165) is 12.0 Å². The van der Waals surface area contributed by atoms with Gasteiger partial charge in [-0.3, -0.25) is 9.59 Å². The van der Waals surface area contributed by atoms with Crippen molar-refractivity contribution >= 4 is 11.8 Å². The molecule has 1 heterocycles. The van der Waals surface area contributed by atoms with Crippen LogP contribution in [0.4, 0.5) is 0 Å². The van der Waals surface area contributed by atoms with Crippen molar-refractivity contribution in [2.45, 2.75) is 33.1 Å². The van der Waals surface area contributed by atoms with Crippen molar-refractivity contribution in [3.8, 4) is 17.2 Å². The predicted molar refractivity (Wildman–Crippen MR) is 107 cm³/mol. The number of hydrogen-bond acceptors (Lipinski definition) is 5. The Morgan fingerprint density at radius 1 is 1.11 bits per heavy atom. The van der Waals surface area contributed by atoms with Gasteiger partial charge in [0.15, 0.2) is 11.5 Å². The van der Waals surface area contributed by atoms with Crippen LogP contribution in [0.15, 0.2) is 12.1 Å². The van der Waals surface area contributed by atoms with Crippen LogP contribution in [0.5, 0.6) is 17.2 Å². The molecule has 0 aromatic heterocycles. The number of carbonyl (C=O) groups excluding carboxylic acids is 2. The highest BCUT2D eigenvalue weighted by molar-refractivity contribution is 5.84. The fourth-order valence-electron chi connectivity index (χ4n) is 3.65. The molecule has 1 aromatic carbocycles. The molecule has 7 heteroatoms. The Balaban J connectivity index is 2.43. The summed E-state index contributed by atoms with van der Waals surface area (Å²) in [5, 5.41) is 2.98. The highest BCUT2D eigenvalue weighted by Crippen LogP contribution is 2.43. The smallest absolute Gasteiger partial charge is 0.225 e. The van der Waals surface area contributed by atoms with Gasteiger partial charge in [-0.15, -0.1) is 0 Å². The average Bonchev–Trinajstić information content (AvgIpc) is 3.15. The molecule has 0 radical (unpaired) electrons. The summed E-state index contributed by atoms with van der Waals surface area (Å²) in [5.41, 5.74) is 0.894. The molecule has 0 saturated carbocycles. The van der Waals surface area contributed by atoms with Gasteiger partial charge in [-0.05, 0) is 24.1 Å². The number of nitrogens with one attached hydrogen (secondary N) is 1. The van der Waals surface area contributed by atoms with Gasteiger partial charge in [0, 0.05) is 31.5 Å². The molecule has 156 valence electrons. The van der Waals surface area contributed by atoms with Crippen molar-refractivity contribution in [1.29, 1.82) is 0 Å². The summed E-state index contributed by atoms with van der Waals surface area (Å²) in [5.74, 6) is 1.04. The second kappa shape index (κ2) is 9.66. The number of likely N-dealkylation sites (tertiary alicyclic amines) is 1. The van der Waals surface area contributed by atoms with Crippen molar-refractivity contribution in [3.05, 3.63) is 17.7 Å². The van der Waals surface area contributed by atoms with Crippen LogP contribution in [0.1, 0.15) is 38.7 Å². The minimum Gasteiger partial charge on any atom is -0.493 e.